The number of fused-ring (bicyclic) bond motifs is 1. The minimum Gasteiger partial charge on any atom is -0.256 e. The first kappa shape index (κ1) is 14.2. The van der Waals surface area contributed by atoms with Crippen LogP contribution < -0.4 is 0 Å². The molecule has 0 aliphatic carbocycles. The predicted molar refractivity (Wildman–Crippen MR) is 85.0 cm³/mol. The van der Waals surface area contributed by atoms with Crippen molar-refractivity contribution >= 4 is 45.2 Å². The minimum atomic E-state index is -0.874. The van der Waals surface area contributed by atoms with Crippen molar-refractivity contribution in [3.05, 3.63) is 53.6 Å². The minimum absolute atomic E-state index is 0.517. The van der Waals surface area contributed by atoms with Gasteiger partial charge >= 0.3 is 0 Å². The molecule has 21 heavy (non-hydrogen) atoms. The molecule has 2 nitrogen and oxygen atoms in total. The molecule has 0 saturated carbocycles. The van der Waals surface area contributed by atoms with Crippen molar-refractivity contribution in [2.75, 3.05) is 6.26 Å². The van der Waals surface area contributed by atoms with Crippen molar-refractivity contribution in [1.82, 2.24) is 4.98 Å². The Hall–Kier alpha value is -1.79. The van der Waals surface area contributed by atoms with Crippen molar-refractivity contribution < 1.29 is 8.78 Å². The summed E-state index contributed by atoms with van der Waals surface area (Å²) in [5, 5.41) is 0. The highest BCUT2D eigenvalue weighted by atomic mass is 32.2. The first-order valence-corrected chi connectivity index (χ1v) is 8.13. The molecular weight excluding hydrogens is 310 g/mol. The van der Waals surface area contributed by atoms with E-state index in [0.29, 0.717) is 5.56 Å². The Bertz CT molecular complexity index is 828. The number of thioether (sulfide) groups is 1. The third kappa shape index (κ3) is 3.11. The molecule has 106 valence electrons. The number of thiazole rings is 1. The number of hydrogen-bond donors (Lipinski definition) is 0. The highest BCUT2D eigenvalue weighted by Crippen LogP contribution is 2.30. The van der Waals surface area contributed by atoms with Gasteiger partial charge < -0.3 is 0 Å². The number of benzene rings is 2. The van der Waals surface area contributed by atoms with E-state index in [-0.39, 0.29) is 0 Å². The molecule has 0 fully saturated rings. The van der Waals surface area contributed by atoms with Crippen molar-refractivity contribution in [1.29, 1.82) is 0 Å². The van der Waals surface area contributed by atoms with Crippen LogP contribution in [-0.4, -0.2) is 17.5 Å². The van der Waals surface area contributed by atoms with Crippen molar-refractivity contribution in [2.24, 2.45) is 4.99 Å². The molecule has 1 aromatic heterocycles. The first-order chi connectivity index (χ1) is 10.2. The summed E-state index contributed by atoms with van der Waals surface area (Å²) in [6.07, 6.45) is 3.50. The summed E-state index contributed by atoms with van der Waals surface area (Å²) in [5.74, 6) is -1.73. The monoisotopic (exact) mass is 320 g/mol. The molecule has 0 unspecified atom stereocenters. The van der Waals surface area contributed by atoms with Crippen LogP contribution in [-0.2, 0) is 0 Å². The van der Waals surface area contributed by atoms with E-state index in [4.69, 9.17) is 0 Å². The predicted octanol–water partition coefficient (Wildman–Crippen LogP) is 5.05. The van der Waals surface area contributed by atoms with Crippen LogP contribution in [0.1, 0.15) is 5.56 Å². The van der Waals surface area contributed by atoms with E-state index in [2.05, 4.69) is 9.98 Å². The molecule has 0 saturated heterocycles. The second kappa shape index (κ2) is 5.91. The van der Waals surface area contributed by atoms with E-state index in [9.17, 15) is 8.78 Å². The Balaban J connectivity index is 1.89. The van der Waals surface area contributed by atoms with E-state index in [1.807, 2.05) is 24.5 Å². The summed E-state index contributed by atoms with van der Waals surface area (Å²) < 4.78 is 28.0. The second-order valence-electron chi connectivity index (χ2n) is 4.27. The fourth-order valence-corrected chi connectivity index (χ4v) is 3.32. The summed E-state index contributed by atoms with van der Waals surface area (Å²) >= 11 is 3.21. The molecule has 2 aromatic carbocycles. The lowest BCUT2D eigenvalue weighted by Gasteiger charge is -1.96. The quantitative estimate of drug-likeness (QED) is 0.498. The van der Waals surface area contributed by atoms with Gasteiger partial charge in [-0.2, -0.15) is 0 Å². The van der Waals surface area contributed by atoms with Gasteiger partial charge in [0, 0.05) is 6.21 Å². The molecule has 0 radical (unpaired) electrons. The molecule has 0 bridgehead atoms. The normalized spacial score (nSPS) is 11.6. The lowest BCUT2D eigenvalue weighted by molar-refractivity contribution is 0.508. The van der Waals surface area contributed by atoms with Gasteiger partial charge in [-0.05, 0) is 42.2 Å². The topological polar surface area (TPSA) is 25.2 Å². The van der Waals surface area contributed by atoms with Crippen LogP contribution in [0.2, 0.25) is 0 Å². The van der Waals surface area contributed by atoms with Gasteiger partial charge in [-0.15, -0.1) is 11.3 Å². The molecule has 0 aliphatic heterocycles. The SMILES string of the molecule is CSc1nc2ccc(N=Cc3ccc(F)c(F)c3)cc2s1. The lowest BCUT2D eigenvalue weighted by atomic mass is 10.2. The number of halogens is 2. The van der Waals surface area contributed by atoms with Crippen LogP contribution in [0.25, 0.3) is 10.2 Å². The fourth-order valence-electron chi connectivity index (χ4n) is 1.80. The van der Waals surface area contributed by atoms with Gasteiger partial charge in [0.25, 0.3) is 0 Å². The molecular formula is C15H10F2N2S2. The molecule has 0 N–H and O–H groups in total. The Morgan fingerprint density at radius 2 is 2.00 bits per heavy atom. The molecule has 3 aromatic rings. The molecule has 1 heterocycles. The zero-order valence-corrected chi connectivity index (χ0v) is 12.6. The van der Waals surface area contributed by atoms with Gasteiger partial charge in [0.1, 0.15) is 0 Å². The molecule has 6 heteroatoms. The van der Waals surface area contributed by atoms with E-state index in [1.54, 1.807) is 23.1 Å². The number of aromatic nitrogens is 1. The average Bonchev–Trinajstić information content (AvgIpc) is 2.90. The Morgan fingerprint density at radius 1 is 1.14 bits per heavy atom. The number of hydrogen-bond acceptors (Lipinski definition) is 4. The zero-order chi connectivity index (χ0) is 14.8. The van der Waals surface area contributed by atoms with Crippen molar-refractivity contribution in [2.45, 2.75) is 4.34 Å². The van der Waals surface area contributed by atoms with E-state index < -0.39 is 11.6 Å². The molecule has 0 spiro atoms. The summed E-state index contributed by atoms with van der Waals surface area (Å²) in [5.41, 5.74) is 2.21. The molecule has 0 atom stereocenters. The third-order valence-corrected chi connectivity index (χ3v) is 4.84. The first-order valence-electron chi connectivity index (χ1n) is 6.09. The summed E-state index contributed by atoms with van der Waals surface area (Å²) in [7, 11) is 0. The Kier molecular flexibility index (Phi) is 3.98. The Labute approximate surface area is 128 Å². The van der Waals surface area contributed by atoms with Crippen LogP contribution >= 0.6 is 23.1 Å². The summed E-state index contributed by atoms with van der Waals surface area (Å²) in [6, 6.07) is 9.39. The van der Waals surface area contributed by atoms with Crippen LogP contribution in [0.4, 0.5) is 14.5 Å². The maximum absolute atomic E-state index is 13.1. The van der Waals surface area contributed by atoms with Gasteiger partial charge in [0.2, 0.25) is 0 Å². The van der Waals surface area contributed by atoms with Crippen LogP contribution in [0, 0.1) is 11.6 Å². The van der Waals surface area contributed by atoms with Gasteiger partial charge in [-0.25, -0.2) is 13.8 Å². The lowest BCUT2D eigenvalue weighted by Crippen LogP contribution is -1.87. The second-order valence-corrected chi connectivity index (χ2v) is 6.35. The molecule has 0 aliphatic rings. The molecule has 3 rings (SSSR count). The summed E-state index contributed by atoms with van der Waals surface area (Å²) in [4.78, 5) is 8.74. The number of nitrogens with zero attached hydrogens (tertiary/aromatic N) is 2. The van der Waals surface area contributed by atoms with Gasteiger partial charge in [-0.1, -0.05) is 17.8 Å². The average molecular weight is 320 g/mol. The fraction of sp³-hybridized carbons (Fsp3) is 0.0667. The third-order valence-electron chi connectivity index (χ3n) is 2.83. The van der Waals surface area contributed by atoms with E-state index in [0.717, 1.165) is 32.4 Å². The van der Waals surface area contributed by atoms with Crippen molar-refractivity contribution in [3.63, 3.8) is 0 Å². The largest absolute Gasteiger partial charge is 0.256 e. The van der Waals surface area contributed by atoms with Crippen LogP contribution in [0.5, 0.6) is 0 Å². The summed E-state index contributed by atoms with van der Waals surface area (Å²) in [6.45, 7) is 0. The zero-order valence-electron chi connectivity index (χ0n) is 11.0. The van der Waals surface area contributed by atoms with Crippen LogP contribution in [0.15, 0.2) is 45.7 Å². The Morgan fingerprint density at radius 3 is 2.76 bits per heavy atom. The van der Waals surface area contributed by atoms with Gasteiger partial charge in [-0.3, -0.25) is 4.99 Å². The van der Waals surface area contributed by atoms with E-state index >= 15 is 0 Å². The molecule has 0 amide bonds. The van der Waals surface area contributed by atoms with Gasteiger partial charge in [0.05, 0.1) is 15.9 Å². The standard InChI is InChI=1S/C15H10F2N2S2/c1-20-15-19-13-5-3-10(7-14(13)21-15)18-8-9-2-4-11(16)12(17)6-9/h2-8H,1H3. The highest BCUT2D eigenvalue weighted by molar-refractivity contribution is 8.00. The van der Waals surface area contributed by atoms with Crippen LogP contribution in [0.3, 0.4) is 0 Å². The van der Waals surface area contributed by atoms with Gasteiger partial charge in [0.15, 0.2) is 16.0 Å². The van der Waals surface area contributed by atoms with Crippen molar-refractivity contribution in [3.8, 4) is 0 Å². The van der Waals surface area contributed by atoms with E-state index in [1.165, 1.54) is 12.3 Å². The smallest absolute Gasteiger partial charge is 0.159 e. The number of rotatable bonds is 3. The highest BCUT2D eigenvalue weighted by Gasteiger charge is 2.04. The number of aliphatic imine (C=N–C) groups is 1. The maximum atomic E-state index is 13.1. The maximum Gasteiger partial charge on any atom is 0.159 e.